The molecule has 1 saturated carbocycles. The van der Waals surface area contributed by atoms with Crippen molar-refractivity contribution in [1.82, 2.24) is 0 Å². The third kappa shape index (κ3) is 2.11. The molecule has 4 unspecified atom stereocenters. The predicted molar refractivity (Wildman–Crippen MR) is 77.2 cm³/mol. The van der Waals surface area contributed by atoms with Crippen molar-refractivity contribution < 1.29 is 14.3 Å². The van der Waals surface area contributed by atoms with Gasteiger partial charge in [-0.25, -0.2) is 0 Å². The number of allylic oxidation sites excluding steroid dienone is 1. The Morgan fingerprint density at radius 2 is 2.10 bits per heavy atom. The summed E-state index contributed by atoms with van der Waals surface area (Å²) in [4.78, 5) is 11.4. The van der Waals surface area contributed by atoms with Gasteiger partial charge < -0.3 is 9.47 Å². The first-order valence-corrected chi connectivity index (χ1v) is 7.77. The minimum atomic E-state index is -0.151. The highest BCUT2D eigenvalue weighted by molar-refractivity contribution is 5.66. The fourth-order valence-corrected chi connectivity index (χ4v) is 5.20. The third-order valence-electron chi connectivity index (χ3n) is 5.91. The normalized spacial score (nSPS) is 42.4. The Labute approximate surface area is 121 Å². The quantitative estimate of drug-likeness (QED) is 0.545. The van der Waals surface area contributed by atoms with Crippen LogP contribution in [-0.2, 0) is 14.3 Å². The van der Waals surface area contributed by atoms with Crippen molar-refractivity contribution in [3.8, 4) is 0 Å². The third-order valence-corrected chi connectivity index (χ3v) is 5.91. The van der Waals surface area contributed by atoms with Gasteiger partial charge in [-0.15, -0.1) is 0 Å². The minimum absolute atomic E-state index is 0.0590. The molecule has 4 atom stereocenters. The van der Waals surface area contributed by atoms with Crippen molar-refractivity contribution in [2.24, 2.45) is 22.7 Å². The van der Waals surface area contributed by atoms with Gasteiger partial charge in [-0.05, 0) is 41.6 Å². The van der Waals surface area contributed by atoms with Gasteiger partial charge in [0.25, 0.3) is 0 Å². The van der Waals surface area contributed by atoms with Crippen molar-refractivity contribution in [2.75, 3.05) is 13.2 Å². The molecule has 0 aromatic rings. The molecule has 3 nitrogen and oxygen atoms in total. The van der Waals surface area contributed by atoms with E-state index in [1.807, 2.05) is 0 Å². The maximum absolute atomic E-state index is 11.4. The molecule has 2 aliphatic carbocycles. The lowest BCUT2D eigenvalue weighted by molar-refractivity contribution is -0.161. The number of fused-ring (bicyclic) bond motifs is 3. The Hall–Kier alpha value is -0.830. The van der Waals surface area contributed by atoms with E-state index in [1.165, 1.54) is 12.5 Å². The number of hydrogen-bond acceptors (Lipinski definition) is 3. The molecule has 1 aliphatic heterocycles. The molecule has 112 valence electrons. The van der Waals surface area contributed by atoms with Gasteiger partial charge in [0, 0.05) is 12.8 Å². The molecule has 3 heteroatoms. The first-order chi connectivity index (χ1) is 9.33. The number of esters is 1. The standard InChI is InChI=1S/C17H26O3/c1-11(18)20-13-7-16(2,3)15-6-5-12-9-19-10-14(12)17(15,4)8-13/h5,13-15H,6-10H2,1-4H3. The van der Waals surface area contributed by atoms with Crippen LogP contribution >= 0.6 is 0 Å². The van der Waals surface area contributed by atoms with E-state index in [0.717, 1.165) is 32.5 Å². The zero-order chi connectivity index (χ0) is 14.5. The van der Waals surface area contributed by atoms with Crippen molar-refractivity contribution in [2.45, 2.75) is 53.1 Å². The fourth-order valence-electron chi connectivity index (χ4n) is 5.20. The van der Waals surface area contributed by atoms with E-state index < -0.39 is 0 Å². The van der Waals surface area contributed by atoms with Crippen LogP contribution in [0.1, 0.15) is 47.0 Å². The average molecular weight is 278 g/mol. The van der Waals surface area contributed by atoms with Gasteiger partial charge in [0.15, 0.2) is 0 Å². The van der Waals surface area contributed by atoms with Crippen molar-refractivity contribution in [1.29, 1.82) is 0 Å². The second-order valence-electron chi connectivity index (χ2n) is 7.77. The summed E-state index contributed by atoms with van der Waals surface area (Å²) in [6, 6.07) is 0. The van der Waals surface area contributed by atoms with Crippen molar-refractivity contribution in [3.05, 3.63) is 11.6 Å². The maximum Gasteiger partial charge on any atom is 0.302 e. The summed E-state index contributed by atoms with van der Waals surface area (Å²) < 4.78 is 11.3. The summed E-state index contributed by atoms with van der Waals surface area (Å²) in [6.45, 7) is 10.2. The van der Waals surface area contributed by atoms with Crippen LogP contribution in [0.5, 0.6) is 0 Å². The van der Waals surface area contributed by atoms with Crippen LogP contribution in [0.4, 0.5) is 0 Å². The molecule has 2 fully saturated rings. The molecular weight excluding hydrogens is 252 g/mol. The molecule has 0 aromatic heterocycles. The van der Waals surface area contributed by atoms with E-state index in [4.69, 9.17) is 9.47 Å². The van der Waals surface area contributed by atoms with E-state index >= 15 is 0 Å². The zero-order valence-electron chi connectivity index (χ0n) is 13.1. The van der Waals surface area contributed by atoms with Gasteiger partial charge in [0.05, 0.1) is 13.2 Å². The molecule has 0 aromatic carbocycles. The Morgan fingerprint density at radius 3 is 2.80 bits per heavy atom. The van der Waals surface area contributed by atoms with E-state index in [1.54, 1.807) is 0 Å². The van der Waals surface area contributed by atoms with Gasteiger partial charge in [-0.2, -0.15) is 0 Å². The number of carbonyl (C=O) groups excluding carboxylic acids is 1. The smallest absolute Gasteiger partial charge is 0.302 e. The summed E-state index contributed by atoms with van der Waals surface area (Å²) in [5.74, 6) is 1.01. The van der Waals surface area contributed by atoms with Crippen molar-refractivity contribution >= 4 is 5.97 Å². The van der Waals surface area contributed by atoms with Crippen LogP contribution in [0.2, 0.25) is 0 Å². The summed E-state index contributed by atoms with van der Waals surface area (Å²) >= 11 is 0. The maximum atomic E-state index is 11.4. The van der Waals surface area contributed by atoms with E-state index in [-0.39, 0.29) is 22.9 Å². The Bertz CT molecular complexity index is 451. The van der Waals surface area contributed by atoms with Crippen LogP contribution in [0.3, 0.4) is 0 Å². The first kappa shape index (κ1) is 14.1. The highest BCUT2D eigenvalue weighted by Gasteiger charge is 2.56. The topological polar surface area (TPSA) is 35.5 Å². The van der Waals surface area contributed by atoms with E-state index in [2.05, 4.69) is 26.8 Å². The molecule has 3 rings (SSSR count). The molecule has 1 heterocycles. The number of carbonyl (C=O) groups is 1. The van der Waals surface area contributed by atoms with Gasteiger partial charge in [-0.3, -0.25) is 4.79 Å². The fraction of sp³-hybridized carbons (Fsp3) is 0.824. The van der Waals surface area contributed by atoms with Gasteiger partial charge in [0.2, 0.25) is 0 Å². The van der Waals surface area contributed by atoms with Crippen molar-refractivity contribution in [3.63, 3.8) is 0 Å². The first-order valence-electron chi connectivity index (χ1n) is 7.77. The molecule has 20 heavy (non-hydrogen) atoms. The summed E-state index contributed by atoms with van der Waals surface area (Å²) in [6.07, 6.45) is 5.57. The van der Waals surface area contributed by atoms with Gasteiger partial charge >= 0.3 is 5.97 Å². The average Bonchev–Trinajstić information content (AvgIpc) is 2.75. The second-order valence-corrected chi connectivity index (χ2v) is 7.77. The SMILES string of the molecule is CC(=O)OC1CC(C)(C)C2CC=C3COCC3C2(C)C1. The molecule has 0 radical (unpaired) electrons. The van der Waals surface area contributed by atoms with Crippen LogP contribution in [0.15, 0.2) is 11.6 Å². The monoisotopic (exact) mass is 278 g/mol. The Kier molecular flexibility index (Phi) is 3.24. The summed E-state index contributed by atoms with van der Waals surface area (Å²) in [7, 11) is 0. The lowest BCUT2D eigenvalue weighted by Gasteiger charge is -2.57. The van der Waals surface area contributed by atoms with Crippen LogP contribution < -0.4 is 0 Å². The number of hydrogen-bond donors (Lipinski definition) is 0. The summed E-state index contributed by atoms with van der Waals surface area (Å²) in [5, 5.41) is 0. The molecule has 0 spiro atoms. The number of rotatable bonds is 1. The number of ether oxygens (including phenoxy) is 2. The lowest BCUT2D eigenvalue weighted by Crippen LogP contribution is -2.53. The molecule has 3 aliphatic rings. The molecular formula is C17H26O3. The highest BCUT2D eigenvalue weighted by atomic mass is 16.5. The van der Waals surface area contributed by atoms with Gasteiger partial charge in [-0.1, -0.05) is 26.8 Å². The molecule has 1 saturated heterocycles. The van der Waals surface area contributed by atoms with Crippen LogP contribution in [-0.4, -0.2) is 25.3 Å². The Morgan fingerprint density at radius 1 is 1.35 bits per heavy atom. The minimum Gasteiger partial charge on any atom is -0.463 e. The lowest BCUT2D eigenvalue weighted by atomic mass is 9.48. The second kappa shape index (κ2) is 4.59. The van der Waals surface area contributed by atoms with E-state index in [0.29, 0.717) is 11.8 Å². The highest BCUT2D eigenvalue weighted by Crippen LogP contribution is 2.61. The molecule has 0 N–H and O–H groups in total. The predicted octanol–water partition coefficient (Wildman–Crippen LogP) is 3.34. The van der Waals surface area contributed by atoms with Crippen LogP contribution in [0, 0.1) is 22.7 Å². The Balaban J connectivity index is 1.93. The van der Waals surface area contributed by atoms with Crippen LogP contribution in [0.25, 0.3) is 0 Å². The van der Waals surface area contributed by atoms with Gasteiger partial charge in [0.1, 0.15) is 6.10 Å². The summed E-state index contributed by atoms with van der Waals surface area (Å²) in [5.41, 5.74) is 1.88. The van der Waals surface area contributed by atoms with E-state index in [9.17, 15) is 4.79 Å². The molecule has 0 bridgehead atoms. The zero-order valence-corrected chi connectivity index (χ0v) is 13.1. The largest absolute Gasteiger partial charge is 0.463 e. The molecule has 0 amide bonds.